The van der Waals surface area contributed by atoms with Crippen molar-refractivity contribution < 1.29 is 29.4 Å². The van der Waals surface area contributed by atoms with Gasteiger partial charge < -0.3 is 20.8 Å². The SMILES string of the molecule is O=C(O)c1ccc2c3ccc(C(=O)Nc4c(Cl)cccc4Cl)c4c(C(=O)Nc5c(Cl)cccc5Cl)ccc(c5ccc(C(=O)O)c1c25)c43. The highest BCUT2D eigenvalue weighted by molar-refractivity contribution is 6.43. The van der Waals surface area contributed by atoms with Crippen LogP contribution in [0.15, 0.2) is 84.9 Å². The quantitative estimate of drug-likeness (QED) is 0.100. The van der Waals surface area contributed by atoms with E-state index < -0.39 is 23.8 Å². The summed E-state index contributed by atoms with van der Waals surface area (Å²) in [5.74, 6) is -3.80. The Morgan fingerprint density at radius 2 is 0.708 bits per heavy atom. The number of carbonyl (C=O) groups excluding carboxylic acids is 2. The van der Waals surface area contributed by atoms with Crippen LogP contribution in [0.4, 0.5) is 11.4 Å². The number of aromatic carboxylic acids is 2. The van der Waals surface area contributed by atoms with Gasteiger partial charge >= 0.3 is 11.9 Å². The number of anilines is 2. The van der Waals surface area contributed by atoms with E-state index in [2.05, 4.69) is 10.6 Å². The Bertz CT molecular complexity index is 2360. The van der Waals surface area contributed by atoms with Gasteiger partial charge in [0.05, 0.1) is 42.6 Å². The molecule has 0 aliphatic rings. The van der Waals surface area contributed by atoms with Crippen LogP contribution in [-0.4, -0.2) is 34.0 Å². The van der Waals surface area contributed by atoms with Crippen molar-refractivity contribution in [2.45, 2.75) is 0 Å². The summed E-state index contributed by atoms with van der Waals surface area (Å²) >= 11 is 25.5. The highest BCUT2D eigenvalue weighted by atomic mass is 35.5. The van der Waals surface area contributed by atoms with E-state index >= 15 is 0 Å². The Labute approximate surface area is 290 Å². The van der Waals surface area contributed by atoms with Gasteiger partial charge in [-0.15, -0.1) is 0 Å². The van der Waals surface area contributed by atoms with Gasteiger partial charge in [-0.05, 0) is 80.8 Å². The molecule has 0 spiro atoms. The Hall–Kier alpha value is -5.12. The summed E-state index contributed by atoms with van der Waals surface area (Å²) in [7, 11) is 0. The third-order valence-electron chi connectivity index (χ3n) is 8.25. The average Bonchev–Trinajstić information content (AvgIpc) is 3.05. The second-order valence-corrected chi connectivity index (χ2v) is 12.5. The molecule has 236 valence electrons. The van der Waals surface area contributed by atoms with Crippen LogP contribution in [0.5, 0.6) is 0 Å². The minimum atomic E-state index is -1.28. The van der Waals surface area contributed by atoms with Crippen molar-refractivity contribution in [2.75, 3.05) is 10.6 Å². The summed E-state index contributed by atoms with van der Waals surface area (Å²) in [6.45, 7) is 0. The standard InChI is InChI=1S/C36H18Cl4N2O6/c37-23-3-1-4-24(38)31(23)41-33(43)19-11-7-15-17-9-13-21(35(45)46)30-22(36(47)48)14-10-18(28(17)30)16-8-12-20(29(19)27(15)16)34(44)42-32-25(39)5-2-6-26(32)40/h1-14H,(H,41,43)(H,42,44)(H,45,46)(H,47,48). The summed E-state index contributed by atoms with van der Waals surface area (Å²) < 4.78 is 0. The number of fused-ring (bicyclic) bond motifs is 2. The largest absolute Gasteiger partial charge is 0.478 e. The molecule has 0 saturated heterocycles. The van der Waals surface area contributed by atoms with Crippen molar-refractivity contribution in [2.24, 2.45) is 0 Å². The minimum Gasteiger partial charge on any atom is -0.478 e. The molecule has 0 atom stereocenters. The zero-order valence-corrected chi connectivity index (χ0v) is 27.1. The van der Waals surface area contributed by atoms with Crippen molar-refractivity contribution in [1.82, 2.24) is 0 Å². The Morgan fingerprint density at radius 1 is 0.417 bits per heavy atom. The summed E-state index contributed by atoms with van der Waals surface area (Å²) in [5, 5.41) is 29.8. The molecule has 2 amide bonds. The molecule has 0 bridgehead atoms. The maximum atomic E-state index is 14.0. The fraction of sp³-hybridized carbons (Fsp3) is 0. The Balaban J connectivity index is 1.57. The molecule has 0 aliphatic carbocycles. The first kappa shape index (κ1) is 31.5. The molecule has 48 heavy (non-hydrogen) atoms. The number of carboxylic acid groups (broad SMARTS) is 2. The lowest BCUT2D eigenvalue weighted by Gasteiger charge is -2.20. The summed E-state index contributed by atoms with van der Waals surface area (Å²) in [4.78, 5) is 52.6. The highest BCUT2D eigenvalue weighted by Gasteiger charge is 2.26. The third kappa shape index (κ3) is 4.93. The average molecular weight is 716 g/mol. The van der Waals surface area contributed by atoms with Crippen molar-refractivity contribution in [1.29, 1.82) is 0 Å². The zero-order chi connectivity index (χ0) is 34.0. The van der Waals surface area contributed by atoms with E-state index in [4.69, 9.17) is 46.4 Å². The number of rotatable bonds is 6. The summed E-state index contributed by atoms with van der Waals surface area (Å²) in [5.41, 5.74) is 0.216. The smallest absolute Gasteiger partial charge is 0.336 e. The number of amides is 2. The number of para-hydroxylation sites is 2. The van der Waals surface area contributed by atoms with Gasteiger partial charge in [0.2, 0.25) is 0 Å². The molecular weight excluding hydrogens is 698 g/mol. The van der Waals surface area contributed by atoms with Crippen LogP contribution in [0.2, 0.25) is 20.1 Å². The third-order valence-corrected chi connectivity index (χ3v) is 9.51. The maximum absolute atomic E-state index is 14.0. The lowest BCUT2D eigenvalue weighted by atomic mass is 9.84. The fourth-order valence-corrected chi connectivity index (χ4v) is 7.20. The number of carbonyl (C=O) groups is 4. The van der Waals surface area contributed by atoms with Crippen LogP contribution in [0.1, 0.15) is 41.4 Å². The molecule has 0 radical (unpaired) electrons. The van der Waals surface area contributed by atoms with Crippen molar-refractivity contribution in [3.05, 3.63) is 127 Å². The minimum absolute atomic E-state index is 0.0640. The molecule has 0 aromatic heterocycles. The molecule has 0 unspecified atom stereocenters. The van der Waals surface area contributed by atoms with E-state index in [0.29, 0.717) is 32.3 Å². The molecule has 0 heterocycles. The topological polar surface area (TPSA) is 133 Å². The number of hydrogen-bond donors (Lipinski definition) is 4. The van der Waals surface area contributed by atoms with Crippen LogP contribution in [-0.2, 0) is 0 Å². The van der Waals surface area contributed by atoms with E-state index in [0.717, 1.165) is 0 Å². The Morgan fingerprint density at radius 3 is 1.02 bits per heavy atom. The summed E-state index contributed by atoms with van der Waals surface area (Å²) in [6, 6.07) is 21.9. The van der Waals surface area contributed by atoms with Gasteiger partial charge in [-0.25, -0.2) is 9.59 Å². The normalized spacial score (nSPS) is 11.4. The second-order valence-electron chi connectivity index (χ2n) is 10.9. The first-order chi connectivity index (χ1) is 23.0. The lowest BCUT2D eigenvalue weighted by Crippen LogP contribution is -2.17. The van der Waals surface area contributed by atoms with Crippen molar-refractivity contribution in [3.63, 3.8) is 0 Å². The van der Waals surface area contributed by atoms with E-state index in [1.165, 1.54) is 24.3 Å². The Kier molecular flexibility index (Phi) is 7.77. The zero-order valence-electron chi connectivity index (χ0n) is 24.1. The molecule has 7 rings (SSSR count). The van der Waals surface area contributed by atoms with Gasteiger partial charge in [-0.1, -0.05) is 82.8 Å². The van der Waals surface area contributed by atoms with E-state index in [9.17, 15) is 29.4 Å². The van der Waals surface area contributed by atoms with Crippen molar-refractivity contribution >= 4 is 125 Å². The predicted molar refractivity (Wildman–Crippen MR) is 190 cm³/mol. The van der Waals surface area contributed by atoms with Gasteiger partial charge in [0, 0.05) is 21.9 Å². The van der Waals surface area contributed by atoms with Crippen LogP contribution in [0.3, 0.4) is 0 Å². The monoisotopic (exact) mass is 714 g/mol. The number of halogens is 4. The van der Waals surface area contributed by atoms with Gasteiger partial charge in [-0.2, -0.15) is 0 Å². The van der Waals surface area contributed by atoms with Gasteiger partial charge in [0.25, 0.3) is 11.8 Å². The number of nitrogens with one attached hydrogen (secondary N) is 2. The molecule has 8 nitrogen and oxygen atoms in total. The molecular formula is C36H18Cl4N2O6. The predicted octanol–water partition coefficient (Wildman–Crippen LogP) is 10.3. The van der Waals surface area contributed by atoms with E-state index in [1.807, 2.05) is 0 Å². The first-order valence-electron chi connectivity index (χ1n) is 14.2. The van der Waals surface area contributed by atoms with Gasteiger partial charge in [-0.3, -0.25) is 9.59 Å². The van der Waals surface area contributed by atoms with Crippen LogP contribution in [0.25, 0.3) is 43.1 Å². The van der Waals surface area contributed by atoms with Crippen LogP contribution in [0, 0.1) is 0 Å². The number of hydrogen-bond acceptors (Lipinski definition) is 4. The molecule has 12 heteroatoms. The number of benzene rings is 7. The molecule has 4 N–H and O–H groups in total. The van der Waals surface area contributed by atoms with E-state index in [-0.39, 0.29) is 64.5 Å². The van der Waals surface area contributed by atoms with Crippen LogP contribution >= 0.6 is 46.4 Å². The molecule has 7 aromatic carbocycles. The van der Waals surface area contributed by atoms with Crippen LogP contribution < -0.4 is 10.6 Å². The lowest BCUT2D eigenvalue weighted by molar-refractivity contribution is 0.0695. The molecule has 7 aromatic rings. The molecule has 0 saturated carbocycles. The first-order valence-corrected chi connectivity index (χ1v) is 15.7. The molecule has 0 aliphatic heterocycles. The van der Waals surface area contributed by atoms with Gasteiger partial charge in [0.1, 0.15) is 0 Å². The fourth-order valence-electron chi connectivity index (χ4n) is 6.22. The van der Waals surface area contributed by atoms with E-state index in [1.54, 1.807) is 60.7 Å². The van der Waals surface area contributed by atoms with Crippen molar-refractivity contribution in [3.8, 4) is 0 Å². The maximum Gasteiger partial charge on any atom is 0.336 e. The number of carboxylic acids is 2. The summed E-state index contributed by atoms with van der Waals surface area (Å²) in [6.07, 6.45) is 0. The second kappa shape index (κ2) is 11.8. The highest BCUT2D eigenvalue weighted by Crippen LogP contribution is 2.44. The molecule has 0 fully saturated rings. The van der Waals surface area contributed by atoms with Gasteiger partial charge in [0.15, 0.2) is 0 Å².